The number of thiazole rings is 2. The molecule has 0 aliphatic carbocycles. The molecule has 2 N–H and O–H groups in total. The van der Waals surface area contributed by atoms with Gasteiger partial charge in [-0.1, -0.05) is 0 Å². The Morgan fingerprint density at radius 3 is 2.68 bits per heavy atom. The van der Waals surface area contributed by atoms with Crippen LogP contribution in [-0.4, -0.2) is 25.8 Å². The first-order valence-electron chi connectivity index (χ1n) is 8.43. The molecule has 4 aromatic heterocycles. The smallest absolute Gasteiger partial charge is 0.257 e. The van der Waals surface area contributed by atoms with Gasteiger partial charge in [-0.2, -0.15) is 0 Å². The van der Waals surface area contributed by atoms with Crippen molar-refractivity contribution >= 4 is 45.2 Å². The number of carbonyl (C=O) groups is 1. The molecule has 0 saturated carbocycles. The summed E-state index contributed by atoms with van der Waals surface area (Å²) in [6.45, 7) is 3.98. The topological polar surface area (TPSA) is 92.7 Å². The maximum Gasteiger partial charge on any atom is 0.257 e. The Bertz CT molecular complexity index is 1110. The standard InChI is InChI=1S/C19H16N6OS2/c1-11-17(28-12(2)22-11)15-10-27-19(24-15)25-16-6-5-13(8-21-16)18(26)23-14-4-3-7-20-9-14/h3-10H,1-2H3,(H,23,26)(H,21,24,25). The van der Waals surface area contributed by atoms with Crippen molar-refractivity contribution in [3.8, 4) is 10.6 Å². The van der Waals surface area contributed by atoms with E-state index in [1.165, 1.54) is 17.5 Å². The molecule has 0 bridgehead atoms. The molecule has 0 aliphatic rings. The first-order chi connectivity index (χ1) is 13.6. The molecule has 9 heteroatoms. The van der Waals surface area contributed by atoms with Gasteiger partial charge in [0.05, 0.1) is 38.7 Å². The van der Waals surface area contributed by atoms with Crippen molar-refractivity contribution in [2.75, 3.05) is 10.6 Å². The van der Waals surface area contributed by atoms with E-state index in [9.17, 15) is 4.79 Å². The Morgan fingerprint density at radius 1 is 1.11 bits per heavy atom. The fourth-order valence-corrected chi connectivity index (χ4v) is 4.22. The predicted octanol–water partition coefficient (Wildman–Crippen LogP) is 4.67. The molecular weight excluding hydrogens is 392 g/mol. The highest BCUT2D eigenvalue weighted by Gasteiger charge is 2.12. The molecule has 7 nitrogen and oxygen atoms in total. The van der Waals surface area contributed by atoms with E-state index in [1.54, 1.807) is 48.0 Å². The first kappa shape index (κ1) is 18.2. The fraction of sp³-hybridized carbons (Fsp3) is 0.105. The Hall–Kier alpha value is -3.17. The number of amides is 1. The van der Waals surface area contributed by atoms with E-state index in [2.05, 4.69) is 30.6 Å². The van der Waals surface area contributed by atoms with Gasteiger partial charge in [0.2, 0.25) is 0 Å². The van der Waals surface area contributed by atoms with Gasteiger partial charge in [0.1, 0.15) is 5.82 Å². The summed E-state index contributed by atoms with van der Waals surface area (Å²) in [7, 11) is 0. The van der Waals surface area contributed by atoms with Gasteiger partial charge in [-0.3, -0.25) is 9.78 Å². The molecule has 0 saturated heterocycles. The van der Waals surface area contributed by atoms with Crippen LogP contribution in [0.2, 0.25) is 0 Å². The Kier molecular flexibility index (Phi) is 5.09. The number of aryl methyl sites for hydroxylation is 2. The highest BCUT2D eigenvalue weighted by atomic mass is 32.1. The molecule has 0 fully saturated rings. The van der Waals surface area contributed by atoms with Crippen molar-refractivity contribution in [1.29, 1.82) is 0 Å². The summed E-state index contributed by atoms with van der Waals surface area (Å²) in [5.74, 6) is 0.385. The third-order valence-electron chi connectivity index (χ3n) is 3.82. The number of hydrogen-bond donors (Lipinski definition) is 2. The van der Waals surface area contributed by atoms with E-state index < -0.39 is 0 Å². The summed E-state index contributed by atoms with van der Waals surface area (Å²) >= 11 is 3.13. The zero-order valence-corrected chi connectivity index (χ0v) is 16.8. The average Bonchev–Trinajstić information content (AvgIpc) is 3.28. The second kappa shape index (κ2) is 7.83. The van der Waals surface area contributed by atoms with Gasteiger partial charge in [0.15, 0.2) is 5.13 Å². The van der Waals surface area contributed by atoms with Gasteiger partial charge >= 0.3 is 0 Å². The van der Waals surface area contributed by atoms with Crippen molar-refractivity contribution in [1.82, 2.24) is 19.9 Å². The minimum Gasteiger partial charge on any atom is -0.321 e. The van der Waals surface area contributed by atoms with Crippen molar-refractivity contribution < 1.29 is 4.79 Å². The summed E-state index contributed by atoms with van der Waals surface area (Å²) in [5.41, 5.74) is 2.99. The maximum atomic E-state index is 12.3. The van der Waals surface area contributed by atoms with Gasteiger partial charge in [0.25, 0.3) is 5.91 Å². The number of anilines is 3. The van der Waals surface area contributed by atoms with E-state index in [-0.39, 0.29) is 5.91 Å². The summed E-state index contributed by atoms with van der Waals surface area (Å²) in [5, 5.41) is 9.71. The van der Waals surface area contributed by atoms with Crippen LogP contribution < -0.4 is 10.6 Å². The van der Waals surface area contributed by atoms with Crippen LogP contribution >= 0.6 is 22.7 Å². The molecule has 4 heterocycles. The third kappa shape index (κ3) is 4.05. The van der Waals surface area contributed by atoms with Gasteiger partial charge < -0.3 is 10.6 Å². The summed E-state index contributed by atoms with van der Waals surface area (Å²) < 4.78 is 0. The van der Waals surface area contributed by atoms with E-state index in [0.717, 1.165) is 26.4 Å². The molecule has 28 heavy (non-hydrogen) atoms. The lowest BCUT2D eigenvalue weighted by Gasteiger charge is -2.05. The molecule has 1 amide bonds. The average molecular weight is 409 g/mol. The molecule has 0 spiro atoms. The SMILES string of the molecule is Cc1nc(C)c(-c2csc(Nc3ccc(C(=O)Nc4cccnc4)cn3)n2)s1. The normalized spacial score (nSPS) is 10.6. The minimum absolute atomic E-state index is 0.236. The number of hydrogen-bond acceptors (Lipinski definition) is 8. The number of carbonyl (C=O) groups excluding carboxylic acids is 1. The van der Waals surface area contributed by atoms with Gasteiger partial charge in [-0.05, 0) is 38.1 Å². The highest BCUT2D eigenvalue weighted by Crippen LogP contribution is 2.32. The Labute approximate surface area is 169 Å². The lowest BCUT2D eigenvalue weighted by atomic mass is 10.2. The number of rotatable bonds is 5. The van der Waals surface area contributed by atoms with Crippen LogP contribution in [-0.2, 0) is 0 Å². The first-order valence-corrected chi connectivity index (χ1v) is 10.1. The van der Waals surface area contributed by atoms with E-state index >= 15 is 0 Å². The second-order valence-corrected chi connectivity index (χ2v) is 8.00. The molecule has 4 aromatic rings. The number of aromatic nitrogens is 4. The van der Waals surface area contributed by atoms with Crippen molar-refractivity contribution in [2.24, 2.45) is 0 Å². The lowest BCUT2D eigenvalue weighted by Crippen LogP contribution is -2.12. The zero-order chi connectivity index (χ0) is 19.5. The second-order valence-electron chi connectivity index (χ2n) is 5.94. The molecule has 0 atom stereocenters. The summed E-state index contributed by atoms with van der Waals surface area (Å²) in [4.78, 5) is 30.7. The fourth-order valence-electron chi connectivity index (χ4n) is 2.56. The number of pyridine rings is 2. The van der Waals surface area contributed by atoms with Gasteiger partial charge in [0, 0.05) is 17.8 Å². The Morgan fingerprint density at radius 2 is 2.00 bits per heavy atom. The molecule has 140 valence electrons. The van der Waals surface area contributed by atoms with Crippen LogP contribution in [0.4, 0.5) is 16.6 Å². The summed E-state index contributed by atoms with van der Waals surface area (Å²) in [6.07, 6.45) is 4.77. The Balaban J connectivity index is 1.43. The van der Waals surface area contributed by atoms with Crippen molar-refractivity contribution in [3.05, 3.63) is 64.5 Å². The molecule has 0 aromatic carbocycles. The van der Waals surface area contributed by atoms with Crippen LogP contribution in [0.15, 0.2) is 48.2 Å². The van der Waals surface area contributed by atoms with Crippen LogP contribution in [0.1, 0.15) is 21.1 Å². The minimum atomic E-state index is -0.236. The maximum absolute atomic E-state index is 12.3. The van der Waals surface area contributed by atoms with Crippen molar-refractivity contribution in [2.45, 2.75) is 13.8 Å². The van der Waals surface area contributed by atoms with Crippen LogP contribution in [0.5, 0.6) is 0 Å². The monoisotopic (exact) mass is 408 g/mol. The molecular formula is C19H16N6OS2. The van der Waals surface area contributed by atoms with E-state index in [0.29, 0.717) is 17.1 Å². The number of nitrogens with zero attached hydrogens (tertiary/aromatic N) is 4. The predicted molar refractivity (Wildman–Crippen MR) is 112 cm³/mol. The zero-order valence-electron chi connectivity index (χ0n) is 15.1. The third-order valence-corrected chi connectivity index (χ3v) is 5.67. The highest BCUT2D eigenvalue weighted by molar-refractivity contribution is 7.16. The molecule has 0 aliphatic heterocycles. The van der Waals surface area contributed by atoms with E-state index in [4.69, 9.17) is 0 Å². The number of nitrogens with one attached hydrogen (secondary N) is 2. The molecule has 0 radical (unpaired) electrons. The molecule has 4 rings (SSSR count). The molecule has 0 unspecified atom stereocenters. The van der Waals surface area contributed by atoms with Crippen LogP contribution in [0, 0.1) is 13.8 Å². The van der Waals surface area contributed by atoms with Crippen LogP contribution in [0.25, 0.3) is 10.6 Å². The van der Waals surface area contributed by atoms with E-state index in [1.807, 2.05) is 19.2 Å². The summed E-state index contributed by atoms with van der Waals surface area (Å²) in [6, 6.07) is 7.01. The van der Waals surface area contributed by atoms with Crippen LogP contribution in [0.3, 0.4) is 0 Å². The quantitative estimate of drug-likeness (QED) is 0.498. The van der Waals surface area contributed by atoms with Crippen molar-refractivity contribution in [3.63, 3.8) is 0 Å². The van der Waals surface area contributed by atoms with Gasteiger partial charge in [-0.15, -0.1) is 22.7 Å². The largest absolute Gasteiger partial charge is 0.321 e. The van der Waals surface area contributed by atoms with Gasteiger partial charge in [-0.25, -0.2) is 15.0 Å². The lowest BCUT2D eigenvalue weighted by molar-refractivity contribution is 0.102.